The number of amides is 1. The highest BCUT2D eigenvalue weighted by molar-refractivity contribution is 5.91. The van der Waals surface area contributed by atoms with Crippen molar-refractivity contribution in [1.29, 1.82) is 0 Å². The van der Waals surface area contributed by atoms with Crippen LogP contribution in [0.25, 0.3) is 16.9 Å². The van der Waals surface area contributed by atoms with E-state index in [1.807, 2.05) is 36.4 Å². The van der Waals surface area contributed by atoms with Crippen molar-refractivity contribution in [3.05, 3.63) is 88.7 Å². The van der Waals surface area contributed by atoms with E-state index in [9.17, 15) is 14.9 Å². The van der Waals surface area contributed by atoms with Gasteiger partial charge in [0.25, 0.3) is 11.6 Å². The third-order valence-electron chi connectivity index (χ3n) is 5.03. The first-order chi connectivity index (χ1) is 15.4. The number of pyridine rings is 1. The smallest absolute Gasteiger partial charge is 0.286 e. The van der Waals surface area contributed by atoms with Crippen molar-refractivity contribution < 1.29 is 14.5 Å². The third kappa shape index (κ3) is 4.75. The van der Waals surface area contributed by atoms with Crippen LogP contribution >= 0.6 is 0 Å². The number of nitrogens with zero attached hydrogens (tertiary/aromatic N) is 3. The molecule has 2 aromatic heterocycles. The van der Waals surface area contributed by atoms with Crippen molar-refractivity contribution in [2.75, 3.05) is 11.9 Å². The van der Waals surface area contributed by atoms with E-state index in [-0.39, 0.29) is 18.2 Å². The Labute approximate surface area is 184 Å². The molecule has 8 nitrogen and oxygen atoms in total. The zero-order valence-electron chi connectivity index (χ0n) is 17.7. The Morgan fingerprint density at radius 1 is 1.06 bits per heavy atom. The second-order valence-corrected chi connectivity index (χ2v) is 7.67. The van der Waals surface area contributed by atoms with Crippen molar-refractivity contribution in [2.24, 2.45) is 0 Å². The van der Waals surface area contributed by atoms with Gasteiger partial charge >= 0.3 is 0 Å². The average molecular weight is 430 g/mol. The molecule has 0 saturated heterocycles. The van der Waals surface area contributed by atoms with Gasteiger partial charge in [0.05, 0.1) is 16.8 Å². The Bertz CT molecular complexity index is 1260. The third-order valence-corrected chi connectivity index (χ3v) is 5.03. The Morgan fingerprint density at radius 2 is 1.78 bits per heavy atom. The maximum absolute atomic E-state index is 12.2. The molecule has 4 aromatic rings. The van der Waals surface area contributed by atoms with Crippen LogP contribution < -0.4 is 10.1 Å². The Balaban J connectivity index is 1.37. The summed E-state index contributed by atoms with van der Waals surface area (Å²) < 4.78 is 7.20. The minimum absolute atomic E-state index is 0.000611. The van der Waals surface area contributed by atoms with Crippen LogP contribution in [0.3, 0.4) is 0 Å². The Morgan fingerprint density at radius 3 is 2.44 bits per heavy atom. The molecule has 1 N–H and O–H groups in total. The van der Waals surface area contributed by atoms with Gasteiger partial charge in [-0.2, -0.15) is 0 Å². The number of imidazole rings is 1. The van der Waals surface area contributed by atoms with Gasteiger partial charge in [-0.1, -0.05) is 26.0 Å². The normalized spacial score (nSPS) is 11.0. The number of hydrogen-bond donors (Lipinski definition) is 1. The molecule has 0 fully saturated rings. The first kappa shape index (κ1) is 21.0. The number of nitrogens with one attached hydrogen (secondary N) is 1. The highest BCUT2D eigenvalue weighted by Gasteiger charge is 2.10. The predicted molar refractivity (Wildman–Crippen MR) is 122 cm³/mol. The van der Waals surface area contributed by atoms with E-state index in [4.69, 9.17) is 4.74 Å². The number of hydrogen-bond acceptors (Lipinski definition) is 5. The lowest BCUT2D eigenvalue weighted by molar-refractivity contribution is -0.385. The molecule has 0 radical (unpaired) electrons. The zero-order chi connectivity index (χ0) is 22.7. The molecular formula is C24H22N4O4. The topological polar surface area (TPSA) is 98.8 Å². The van der Waals surface area contributed by atoms with Crippen molar-refractivity contribution in [3.63, 3.8) is 0 Å². The Hall–Kier alpha value is -4.20. The lowest BCUT2D eigenvalue weighted by Crippen LogP contribution is -2.20. The van der Waals surface area contributed by atoms with Crippen LogP contribution in [0.5, 0.6) is 5.75 Å². The highest BCUT2D eigenvalue weighted by atomic mass is 16.6. The molecule has 0 saturated carbocycles. The molecule has 0 aliphatic rings. The van der Waals surface area contributed by atoms with Crippen molar-refractivity contribution in [1.82, 2.24) is 9.38 Å². The lowest BCUT2D eigenvalue weighted by Gasteiger charge is -2.09. The summed E-state index contributed by atoms with van der Waals surface area (Å²) in [6.07, 6.45) is 3.16. The van der Waals surface area contributed by atoms with Gasteiger partial charge in [-0.25, -0.2) is 4.98 Å². The van der Waals surface area contributed by atoms with E-state index >= 15 is 0 Å². The number of rotatable bonds is 7. The van der Waals surface area contributed by atoms with Crippen molar-refractivity contribution in [2.45, 2.75) is 19.8 Å². The molecule has 2 heterocycles. The van der Waals surface area contributed by atoms with E-state index < -0.39 is 4.92 Å². The van der Waals surface area contributed by atoms with Crippen LogP contribution in [0.4, 0.5) is 11.4 Å². The zero-order valence-corrected chi connectivity index (χ0v) is 17.7. The second kappa shape index (κ2) is 8.89. The molecule has 0 atom stereocenters. The first-order valence-electron chi connectivity index (χ1n) is 10.2. The molecule has 32 heavy (non-hydrogen) atoms. The second-order valence-electron chi connectivity index (χ2n) is 7.67. The summed E-state index contributed by atoms with van der Waals surface area (Å²) in [5.74, 6) is 0.747. The minimum Gasteiger partial charge on any atom is -0.484 e. The molecule has 8 heteroatoms. The minimum atomic E-state index is -0.442. The number of nitro groups is 1. The van der Waals surface area contributed by atoms with Crippen LogP contribution in [0.15, 0.2) is 73.1 Å². The summed E-state index contributed by atoms with van der Waals surface area (Å²) in [7, 11) is 0. The fourth-order valence-electron chi connectivity index (χ4n) is 3.25. The predicted octanol–water partition coefficient (Wildman–Crippen LogP) is 5.05. The SMILES string of the molecule is CC(C)c1ccc(NC(=O)COc2ccc(-c3cn4cc([N+](=O)[O-])ccc4n3)cc2)cc1. The monoisotopic (exact) mass is 430 g/mol. The van der Waals surface area contributed by atoms with Gasteiger partial charge < -0.3 is 10.1 Å². The standard InChI is InChI=1S/C24H22N4O4/c1-16(2)17-3-7-19(8-4-17)25-24(29)15-32-21-10-5-18(6-11-21)22-14-27-13-20(28(30)31)9-12-23(27)26-22/h3-14,16H,15H2,1-2H3,(H,25,29). The van der Waals surface area contributed by atoms with Crippen molar-refractivity contribution in [3.8, 4) is 17.0 Å². The highest BCUT2D eigenvalue weighted by Crippen LogP contribution is 2.24. The number of fused-ring (bicyclic) bond motifs is 1. The van der Waals surface area contributed by atoms with E-state index in [0.717, 1.165) is 11.3 Å². The maximum atomic E-state index is 12.2. The summed E-state index contributed by atoms with van der Waals surface area (Å²) in [6, 6.07) is 18.0. The molecular weight excluding hydrogens is 408 g/mol. The van der Waals surface area contributed by atoms with E-state index in [1.165, 1.54) is 17.8 Å². The molecule has 1 amide bonds. The summed E-state index contributed by atoms with van der Waals surface area (Å²) in [4.78, 5) is 27.2. The van der Waals surface area contributed by atoms with Gasteiger partial charge in [-0.3, -0.25) is 19.3 Å². The average Bonchev–Trinajstić information content (AvgIpc) is 3.22. The van der Waals surface area contributed by atoms with Gasteiger partial charge in [-0.15, -0.1) is 0 Å². The van der Waals surface area contributed by atoms with Gasteiger partial charge in [0.2, 0.25) is 0 Å². The fraction of sp³-hybridized carbons (Fsp3) is 0.167. The van der Waals surface area contributed by atoms with Crippen LogP contribution in [0.1, 0.15) is 25.3 Å². The summed E-state index contributed by atoms with van der Waals surface area (Å²) in [5.41, 5.74) is 4.06. The van der Waals surface area contributed by atoms with Crippen LogP contribution in [-0.4, -0.2) is 26.8 Å². The molecule has 4 rings (SSSR count). The largest absolute Gasteiger partial charge is 0.484 e. The number of anilines is 1. The molecule has 0 unspecified atom stereocenters. The van der Waals surface area contributed by atoms with Crippen LogP contribution in [0.2, 0.25) is 0 Å². The molecule has 0 spiro atoms. The summed E-state index contributed by atoms with van der Waals surface area (Å²) in [6.45, 7) is 4.13. The van der Waals surface area contributed by atoms with Crippen LogP contribution in [-0.2, 0) is 4.79 Å². The quantitative estimate of drug-likeness (QED) is 0.327. The molecule has 0 aliphatic heterocycles. The molecule has 162 valence electrons. The molecule has 0 aliphatic carbocycles. The number of carbonyl (C=O) groups excluding carboxylic acids is 1. The van der Waals surface area contributed by atoms with E-state index in [0.29, 0.717) is 23.0 Å². The van der Waals surface area contributed by atoms with Gasteiger partial charge in [0.15, 0.2) is 6.61 Å². The maximum Gasteiger partial charge on any atom is 0.286 e. The number of carbonyl (C=O) groups is 1. The first-order valence-corrected chi connectivity index (χ1v) is 10.2. The number of benzene rings is 2. The number of ether oxygens (including phenoxy) is 1. The van der Waals surface area contributed by atoms with Crippen molar-refractivity contribution >= 4 is 22.9 Å². The number of aromatic nitrogens is 2. The summed E-state index contributed by atoms with van der Waals surface area (Å²) >= 11 is 0. The molecule has 0 bridgehead atoms. The lowest BCUT2D eigenvalue weighted by atomic mass is 10.0. The van der Waals surface area contributed by atoms with E-state index in [1.54, 1.807) is 28.8 Å². The Kier molecular flexibility index (Phi) is 5.85. The fourth-order valence-corrected chi connectivity index (χ4v) is 3.25. The molecule has 2 aromatic carbocycles. The van der Waals surface area contributed by atoms with E-state index in [2.05, 4.69) is 24.1 Å². The van der Waals surface area contributed by atoms with Crippen LogP contribution in [0, 0.1) is 10.1 Å². The van der Waals surface area contributed by atoms with Gasteiger partial charge in [-0.05, 0) is 53.9 Å². The van der Waals surface area contributed by atoms with Gasteiger partial charge in [0, 0.05) is 23.5 Å². The van der Waals surface area contributed by atoms with Gasteiger partial charge in [0.1, 0.15) is 11.4 Å². The summed E-state index contributed by atoms with van der Waals surface area (Å²) in [5, 5.41) is 13.8.